The first-order valence-corrected chi connectivity index (χ1v) is 5.27. The molecule has 2 nitrogen and oxygen atoms in total. The number of rotatable bonds is 2. The van der Waals surface area contributed by atoms with Gasteiger partial charge >= 0.3 is 0 Å². The molecule has 75 valence electrons. The smallest absolute Gasteiger partial charge is 0.119 e. The molecule has 1 aliphatic rings. The highest BCUT2D eigenvalue weighted by Crippen LogP contribution is 2.22. The fourth-order valence-corrected chi connectivity index (χ4v) is 1.87. The molecule has 0 bridgehead atoms. The minimum atomic E-state index is 0.144. The Morgan fingerprint density at radius 3 is 2.29 bits per heavy atom. The maximum Gasteiger partial charge on any atom is 0.119 e. The van der Waals surface area contributed by atoms with Gasteiger partial charge in [0.25, 0.3) is 0 Å². The second kappa shape index (κ2) is 4.47. The third-order valence-corrected chi connectivity index (χ3v) is 2.72. The van der Waals surface area contributed by atoms with Crippen molar-refractivity contribution in [3.05, 3.63) is 30.3 Å². The zero-order valence-corrected chi connectivity index (χ0v) is 8.28. The molecule has 1 N–H and O–H groups in total. The van der Waals surface area contributed by atoms with Crippen molar-refractivity contribution < 1.29 is 4.74 Å². The van der Waals surface area contributed by atoms with Crippen molar-refractivity contribution in [1.29, 1.82) is 0 Å². The first kappa shape index (κ1) is 9.53. The van der Waals surface area contributed by atoms with E-state index in [1.807, 2.05) is 30.3 Å². The zero-order chi connectivity index (χ0) is 9.80. The highest BCUT2D eigenvalue weighted by Gasteiger charge is 2.19. The van der Waals surface area contributed by atoms with Crippen LogP contribution in [-0.2, 0) is 0 Å². The molecular formula is C12H16NO. The second-order valence-electron chi connectivity index (χ2n) is 3.90. The molecule has 0 aromatic heterocycles. The van der Waals surface area contributed by atoms with Gasteiger partial charge in [0.2, 0.25) is 0 Å². The Bertz CT molecular complexity index is 265. The maximum absolute atomic E-state index is 7.59. The lowest BCUT2D eigenvalue weighted by atomic mass is 9.94. The van der Waals surface area contributed by atoms with Gasteiger partial charge in [-0.3, -0.25) is 5.73 Å². The molecule has 1 saturated carbocycles. The van der Waals surface area contributed by atoms with Crippen molar-refractivity contribution in [2.45, 2.75) is 37.8 Å². The Labute approximate surface area is 85.1 Å². The predicted molar refractivity (Wildman–Crippen MR) is 56.2 cm³/mol. The van der Waals surface area contributed by atoms with E-state index in [1.165, 1.54) is 0 Å². The molecule has 2 heteroatoms. The fourth-order valence-electron chi connectivity index (χ4n) is 1.87. The Hall–Kier alpha value is -1.02. The summed E-state index contributed by atoms with van der Waals surface area (Å²) in [5, 5.41) is 0. The zero-order valence-electron chi connectivity index (χ0n) is 8.28. The van der Waals surface area contributed by atoms with Crippen LogP contribution in [0.5, 0.6) is 5.75 Å². The standard InChI is InChI=1S/C12H16NO/c13-10-6-8-12(9-7-10)14-11-4-2-1-3-5-11/h1-5,10,12-13H,6-9H2/t10-,12+. The minimum absolute atomic E-state index is 0.144. The lowest BCUT2D eigenvalue weighted by Gasteiger charge is -2.26. The van der Waals surface area contributed by atoms with Gasteiger partial charge in [-0.1, -0.05) is 18.2 Å². The molecule has 14 heavy (non-hydrogen) atoms. The molecule has 0 aliphatic heterocycles. The van der Waals surface area contributed by atoms with Crippen LogP contribution in [0.2, 0.25) is 0 Å². The van der Waals surface area contributed by atoms with Crippen LogP contribution in [0.4, 0.5) is 0 Å². The van der Waals surface area contributed by atoms with Gasteiger partial charge in [0.05, 0.1) is 6.10 Å². The summed E-state index contributed by atoms with van der Waals surface area (Å²) in [5.74, 6) is 0.959. The van der Waals surface area contributed by atoms with Crippen molar-refractivity contribution in [3.63, 3.8) is 0 Å². The van der Waals surface area contributed by atoms with E-state index in [0.717, 1.165) is 31.4 Å². The number of hydrogen-bond donors (Lipinski definition) is 0. The average Bonchev–Trinajstić information content (AvgIpc) is 2.23. The summed E-state index contributed by atoms with van der Waals surface area (Å²) in [6.07, 6.45) is 4.36. The van der Waals surface area contributed by atoms with Crippen LogP contribution in [-0.4, -0.2) is 12.1 Å². The predicted octanol–water partition coefficient (Wildman–Crippen LogP) is 2.66. The van der Waals surface area contributed by atoms with Crippen molar-refractivity contribution >= 4 is 0 Å². The third-order valence-electron chi connectivity index (χ3n) is 2.72. The highest BCUT2D eigenvalue weighted by molar-refractivity contribution is 5.21. The third kappa shape index (κ3) is 2.48. The van der Waals surface area contributed by atoms with Gasteiger partial charge in [-0.05, 0) is 37.8 Å². The first-order chi connectivity index (χ1) is 6.84. The van der Waals surface area contributed by atoms with Crippen molar-refractivity contribution in [1.82, 2.24) is 5.73 Å². The summed E-state index contributed by atoms with van der Waals surface area (Å²) >= 11 is 0. The number of nitrogens with one attached hydrogen (secondary N) is 1. The van der Waals surface area contributed by atoms with Crippen LogP contribution in [0.15, 0.2) is 30.3 Å². The van der Waals surface area contributed by atoms with Crippen LogP contribution in [0.1, 0.15) is 25.7 Å². The molecular weight excluding hydrogens is 174 g/mol. The lowest BCUT2D eigenvalue weighted by molar-refractivity contribution is 0.146. The van der Waals surface area contributed by atoms with E-state index in [2.05, 4.69) is 0 Å². The Balaban J connectivity index is 1.87. The quantitative estimate of drug-likeness (QED) is 0.705. The first-order valence-electron chi connectivity index (χ1n) is 5.27. The molecule has 2 rings (SSSR count). The van der Waals surface area contributed by atoms with E-state index in [0.29, 0.717) is 6.10 Å². The fraction of sp³-hybridized carbons (Fsp3) is 0.500. The largest absolute Gasteiger partial charge is 0.490 e. The van der Waals surface area contributed by atoms with Crippen molar-refractivity contribution in [2.24, 2.45) is 0 Å². The monoisotopic (exact) mass is 190 g/mol. The van der Waals surface area contributed by atoms with Gasteiger partial charge in [0.1, 0.15) is 5.75 Å². The van der Waals surface area contributed by atoms with Crippen LogP contribution < -0.4 is 10.5 Å². The van der Waals surface area contributed by atoms with Gasteiger partial charge in [-0.2, -0.15) is 0 Å². The van der Waals surface area contributed by atoms with Crippen molar-refractivity contribution in [2.75, 3.05) is 0 Å². The molecule has 1 radical (unpaired) electrons. The summed E-state index contributed by atoms with van der Waals surface area (Å²) in [5.41, 5.74) is 7.59. The molecule has 1 aromatic carbocycles. The van der Waals surface area contributed by atoms with E-state index in [-0.39, 0.29) is 6.04 Å². The summed E-state index contributed by atoms with van der Waals surface area (Å²) in [6.45, 7) is 0. The minimum Gasteiger partial charge on any atom is -0.490 e. The number of ether oxygens (including phenoxy) is 1. The SMILES string of the molecule is [NH][C@H]1CC[C@@H](Oc2ccccc2)CC1. The van der Waals surface area contributed by atoms with E-state index < -0.39 is 0 Å². The van der Waals surface area contributed by atoms with Gasteiger partial charge in [0, 0.05) is 6.04 Å². The van der Waals surface area contributed by atoms with Crippen LogP contribution >= 0.6 is 0 Å². The van der Waals surface area contributed by atoms with Crippen LogP contribution in [0.3, 0.4) is 0 Å². The highest BCUT2D eigenvalue weighted by atomic mass is 16.5. The van der Waals surface area contributed by atoms with Crippen molar-refractivity contribution in [3.8, 4) is 5.75 Å². The number of benzene rings is 1. The van der Waals surface area contributed by atoms with Gasteiger partial charge in [-0.25, -0.2) is 0 Å². The van der Waals surface area contributed by atoms with E-state index in [1.54, 1.807) is 0 Å². The summed E-state index contributed by atoms with van der Waals surface area (Å²) in [6, 6.07) is 10.1. The molecule has 1 aromatic rings. The second-order valence-corrected chi connectivity index (χ2v) is 3.90. The Kier molecular flexibility index (Phi) is 3.04. The summed E-state index contributed by atoms with van der Waals surface area (Å²) in [4.78, 5) is 0. The molecule has 0 amide bonds. The number of para-hydroxylation sites is 1. The van der Waals surface area contributed by atoms with E-state index in [4.69, 9.17) is 10.5 Å². The van der Waals surface area contributed by atoms with Crippen LogP contribution in [0.25, 0.3) is 0 Å². The van der Waals surface area contributed by atoms with Gasteiger partial charge in [-0.15, -0.1) is 0 Å². The lowest BCUT2D eigenvalue weighted by Crippen LogP contribution is -2.27. The molecule has 0 heterocycles. The normalized spacial score (nSPS) is 27.2. The Morgan fingerprint density at radius 1 is 1.00 bits per heavy atom. The molecule has 0 spiro atoms. The Morgan fingerprint density at radius 2 is 1.64 bits per heavy atom. The molecule has 1 aliphatic carbocycles. The summed E-state index contributed by atoms with van der Waals surface area (Å²) < 4.78 is 5.82. The molecule has 0 atom stereocenters. The molecule has 1 fully saturated rings. The summed E-state index contributed by atoms with van der Waals surface area (Å²) in [7, 11) is 0. The van der Waals surface area contributed by atoms with E-state index in [9.17, 15) is 0 Å². The van der Waals surface area contributed by atoms with Crippen LogP contribution in [0, 0.1) is 0 Å². The van der Waals surface area contributed by atoms with Gasteiger partial charge < -0.3 is 4.74 Å². The van der Waals surface area contributed by atoms with Gasteiger partial charge in [0.15, 0.2) is 0 Å². The average molecular weight is 190 g/mol. The number of hydrogen-bond acceptors (Lipinski definition) is 1. The maximum atomic E-state index is 7.59. The van der Waals surface area contributed by atoms with E-state index >= 15 is 0 Å². The topological polar surface area (TPSA) is 33.0 Å². The molecule has 0 unspecified atom stereocenters. The molecule has 0 saturated heterocycles.